The van der Waals surface area contributed by atoms with E-state index < -0.39 is 11.6 Å². The average Bonchev–Trinajstić information content (AvgIpc) is 2.96. The van der Waals surface area contributed by atoms with Gasteiger partial charge in [0.05, 0.1) is 6.61 Å². The van der Waals surface area contributed by atoms with E-state index >= 15 is 0 Å². The maximum Gasteiger partial charge on any atom is 0.210 e. The molecule has 1 aromatic heterocycles. The van der Waals surface area contributed by atoms with Crippen LogP contribution in [0, 0.1) is 11.6 Å². The number of thioether (sulfide) groups is 1. The summed E-state index contributed by atoms with van der Waals surface area (Å²) in [5, 5.41) is 8.42. The first-order valence-corrected chi connectivity index (χ1v) is 8.58. The molecule has 2 N–H and O–H groups in total. The van der Waals surface area contributed by atoms with Crippen molar-refractivity contribution in [3.63, 3.8) is 0 Å². The minimum absolute atomic E-state index is 0.0156. The first-order chi connectivity index (χ1) is 12.1. The largest absolute Gasteiger partial charge is 0.494 e. The number of nitrogen functional groups attached to an aromatic ring is 1. The third kappa shape index (κ3) is 3.74. The Labute approximate surface area is 147 Å². The van der Waals surface area contributed by atoms with E-state index in [1.807, 2.05) is 31.2 Å². The van der Waals surface area contributed by atoms with Gasteiger partial charge in [0.25, 0.3) is 0 Å². The van der Waals surface area contributed by atoms with Gasteiger partial charge in [0, 0.05) is 16.9 Å². The van der Waals surface area contributed by atoms with Crippen LogP contribution in [0.15, 0.2) is 47.6 Å². The van der Waals surface area contributed by atoms with E-state index in [-0.39, 0.29) is 11.3 Å². The normalized spacial score (nSPS) is 10.8. The Hall–Kier alpha value is -2.61. The van der Waals surface area contributed by atoms with E-state index in [9.17, 15) is 8.78 Å². The lowest BCUT2D eigenvalue weighted by Crippen LogP contribution is -2.11. The monoisotopic (exact) mass is 362 g/mol. The van der Waals surface area contributed by atoms with Gasteiger partial charge in [-0.1, -0.05) is 17.8 Å². The van der Waals surface area contributed by atoms with E-state index in [0.29, 0.717) is 17.6 Å². The lowest BCUT2D eigenvalue weighted by atomic mass is 10.2. The molecule has 3 rings (SSSR count). The van der Waals surface area contributed by atoms with Crippen molar-refractivity contribution in [2.45, 2.75) is 17.8 Å². The number of nitrogens with two attached hydrogens (primary N) is 1. The van der Waals surface area contributed by atoms with Crippen molar-refractivity contribution in [2.24, 2.45) is 0 Å². The molecule has 0 aliphatic rings. The van der Waals surface area contributed by atoms with Gasteiger partial charge < -0.3 is 10.6 Å². The molecule has 5 nitrogen and oxygen atoms in total. The van der Waals surface area contributed by atoms with Crippen LogP contribution in [0.1, 0.15) is 12.5 Å². The van der Waals surface area contributed by atoms with Crippen LogP contribution in [0.4, 0.5) is 8.78 Å². The molecule has 0 aliphatic carbocycles. The quantitative estimate of drug-likeness (QED) is 0.536. The zero-order valence-corrected chi connectivity index (χ0v) is 14.3. The predicted octanol–water partition coefficient (Wildman–Crippen LogP) is 3.63. The van der Waals surface area contributed by atoms with Crippen LogP contribution in [-0.4, -0.2) is 21.5 Å². The van der Waals surface area contributed by atoms with Crippen LogP contribution < -0.4 is 10.6 Å². The summed E-state index contributed by atoms with van der Waals surface area (Å²) in [7, 11) is 0. The van der Waals surface area contributed by atoms with Gasteiger partial charge in [0.2, 0.25) is 5.16 Å². The third-order valence-corrected chi connectivity index (χ3v) is 4.46. The summed E-state index contributed by atoms with van der Waals surface area (Å²) < 4.78 is 34.1. The van der Waals surface area contributed by atoms with E-state index in [1.54, 1.807) is 0 Å². The molecule has 3 aromatic rings. The minimum Gasteiger partial charge on any atom is -0.494 e. The van der Waals surface area contributed by atoms with Crippen molar-refractivity contribution in [3.05, 3.63) is 59.7 Å². The fourth-order valence-electron chi connectivity index (χ4n) is 2.25. The summed E-state index contributed by atoms with van der Waals surface area (Å²) in [5.41, 5.74) is 0.750. The Bertz CT molecular complexity index is 847. The minimum atomic E-state index is -0.595. The van der Waals surface area contributed by atoms with Gasteiger partial charge in [-0.25, -0.2) is 13.5 Å². The molecule has 1 heterocycles. The maximum atomic E-state index is 13.7. The van der Waals surface area contributed by atoms with Crippen LogP contribution >= 0.6 is 11.8 Å². The molecule has 25 heavy (non-hydrogen) atoms. The molecule has 0 unspecified atom stereocenters. The number of nitrogens with zero attached hydrogens (tertiary/aromatic N) is 3. The number of rotatable bonds is 6. The molecule has 0 fully saturated rings. The Morgan fingerprint density at radius 1 is 1.08 bits per heavy atom. The van der Waals surface area contributed by atoms with Crippen LogP contribution in [0.25, 0.3) is 11.4 Å². The molecule has 0 bridgehead atoms. The highest BCUT2D eigenvalue weighted by atomic mass is 32.2. The Morgan fingerprint density at radius 2 is 1.76 bits per heavy atom. The molecule has 130 valence electrons. The molecule has 0 saturated heterocycles. The van der Waals surface area contributed by atoms with Gasteiger partial charge >= 0.3 is 0 Å². The Morgan fingerprint density at radius 3 is 2.40 bits per heavy atom. The summed E-state index contributed by atoms with van der Waals surface area (Å²) in [6.07, 6.45) is 0. The summed E-state index contributed by atoms with van der Waals surface area (Å²) >= 11 is 1.11. The molecule has 0 spiro atoms. The Balaban J connectivity index is 1.77. The summed E-state index contributed by atoms with van der Waals surface area (Å²) in [5.74, 6) is 6.11. The molecule has 0 radical (unpaired) electrons. The van der Waals surface area contributed by atoms with E-state index in [4.69, 9.17) is 10.6 Å². The lowest BCUT2D eigenvalue weighted by molar-refractivity contribution is 0.340. The smallest absolute Gasteiger partial charge is 0.210 e. The molecule has 0 atom stereocenters. The number of benzene rings is 2. The van der Waals surface area contributed by atoms with Crippen molar-refractivity contribution in [1.82, 2.24) is 14.9 Å². The van der Waals surface area contributed by atoms with E-state index in [0.717, 1.165) is 23.1 Å². The summed E-state index contributed by atoms with van der Waals surface area (Å²) in [6.45, 7) is 2.49. The molecular formula is C17H16F2N4OS. The van der Waals surface area contributed by atoms with Crippen LogP contribution in [0.3, 0.4) is 0 Å². The molecule has 0 aliphatic heterocycles. The second kappa shape index (κ2) is 7.52. The average molecular weight is 362 g/mol. The molecule has 2 aromatic carbocycles. The second-order valence-corrected chi connectivity index (χ2v) is 6.06. The maximum absolute atomic E-state index is 13.7. The Kier molecular flexibility index (Phi) is 5.18. The van der Waals surface area contributed by atoms with Gasteiger partial charge in [0.1, 0.15) is 17.4 Å². The SMILES string of the molecule is CCOc1ccc(-c2nnc(SCc3c(F)cccc3F)n2N)cc1. The van der Waals surface area contributed by atoms with Gasteiger partial charge in [0.15, 0.2) is 5.82 Å². The zero-order chi connectivity index (χ0) is 17.8. The van der Waals surface area contributed by atoms with E-state index in [1.165, 1.54) is 22.9 Å². The second-order valence-electron chi connectivity index (χ2n) is 5.12. The molecule has 0 saturated carbocycles. The van der Waals surface area contributed by atoms with Gasteiger partial charge in [-0.3, -0.25) is 0 Å². The summed E-state index contributed by atoms with van der Waals surface area (Å²) in [6, 6.07) is 11.0. The zero-order valence-electron chi connectivity index (χ0n) is 13.4. The van der Waals surface area contributed by atoms with Gasteiger partial charge in [-0.2, -0.15) is 0 Å². The van der Waals surface area contributed by atoms with Crippen LogP contribution in [-0.2, 0) is 5.75 Å². The third-order valence-electron chi connectivity index (χ3n) is 3.50. The highest BCUT2D eigenvalue weighted by Crippen LogP contribution is 2.27. The number of aromatic nitrogens is 3. The van der Waals surface area contributed by atoms with Gasteiger partial charge in [-0.15, -0.1) is 10.2 Å². The number of hydrogen-bond donors (Lipinski definition) is 1. The first kappa shape index (κ1) is 17.2. The predicted molar refractivity (Wildman–Crippen MR) is 92.7 cm³/mol. The number of hydrogen-bond acceptors (Lipinski definition) is 5. The van der Waals surface area contributed by atoms with Crippen molar-refractivity contribution in [3.8, 4) is 17.1 Å². The van der Waals surface area contributed by atoms with Gasteiger partial charge in [-0.05, 0) is 43.3 Å². The van der Waals surface area contributed by atoms with Crippen molar-refractivity contribution < 1.29 is 13.5 Å². The van der Waals surface area contributed by atoms with Crippen LogP contribution in [0.2, 0.25) is 0 Å². The number of halogens is 2. The first-order valence-electron chi connectivity index (χ1n) is 7.59. The fraction of sp³-hybridized carbons (Fsp3) is 0.176. The highest BCUT2D eigenvalue weighted by molar-refractivity contribution is 7.98. The molecular weight excluding hydrogens is 346 g/mol. The molecule has 8 heteroatoms. The molecule has 0 amide bonds. The van der Waals surface area contributed by atoms with Crippen molar-refractivity contribution in [1.29, 1.82) is 0 Å². The van der Waals surface area contributed by atoms with Crippen LogP contribution in [0.5, 0.6) is 5.75 Å². The van der Waals surface area contributed by atoms with Crippen molar-refractivity contribution in [2.75, 3.05) is 12.4 Å². The fourth-order valence-corrected chi connectivity index (χ4v) is 3.12. The number of ether oxygens (including phenoxy) is 1. The van der Waals surface area contributed by atoms with E-state index in [2.05, 4.69) is 10.2 Å². The lowest BCUT2D eigenvalue weighted by Gasteiger charge is -2.06. The summed E-state index contributed by atoms with van der Waals surface area (Å²) in [4.78, 5) is 0. The highest BCUT2D eigenvalue weighted by Gasteiger charge is 2.15. The topological polar surface area (TPSA) is 66.0 Å². The van der Waals surface area contributed by atoms with Crippen molar-refractivity contribution >= 4 is 11.8 Å². The standard InChI is InChI=1S/C17H16F2N4OS/c1-2-24-12-8-6-11(7-9-12)16-21-22-17(23(16)20)25-10-13-14(18)4-3-5-15(13)19/h3-9H,2,10,20H2,1H3.